The molecule has 25 heavy (non-hydrogen) atoms. The van der Waals surface area contributed by atoms with Crippen molar-refractivity contribution in [2.24, 2.45) is 13.0 Å². The number of hydrogen-bond donors (Lipinski definition) is 2. The Morgan fingerprint density at radius 1 is 1.32 bits per heavy atom. The SMILES string of the molecule is Cn1ccc(C(NC(=O)N2CCC(C(=O)O)C2)c2ccc(Cl)cc2)n1. The number of nitrogens with zero attached hydrogens (tertiary/aromatic N) is 3. The van der Waals surface area contributed by atoms with E-state index in [4.69, 9.17) is 16.7 Å². The Kier molecular flexibility index (Phi) is 4.94. The summed E-state index contributed by atoms with van der Waals surface area (Å²) in [7, 11) is 1.81. The summed E-state index contributed by atoms with van der Waals surface area (Å²) in [6, 6.07) is 8.30. The maximum atomic E-state index is 12.6. The molecule has 1 aromatic heterocycles. The summed E-state index contributed by atoms with van der Waals surface area (Å²) in [4.78, 5) is 25.2. The van der Waals surface area contributed by atoms with E-state index in [1.54, 1.807) is 23.0 Å². The smallest absolute Gasteiger partial charge is 0.318 e. The lowest BCUT2D eigenvalue weighted by Crippen LogP contribution is -2.41. The first kappa shape index (κ1) is 17.3. The second-order valence-electron chi connectivity index (χ2n) is 6.12. The highest BCUT2D eigenvalue weighted by Crippen LogP contribution is 2.24. The van der Waals surface area contributed by atoms with Crippen LogP contribution in [0.5, 0.6) is 0 Å². The van der Waals surface area contributed by atoms with Gasteiger partial charge in [-0.1, -0.05) is 23.7 Å². The summed E-state index contributed by atoms with van der Waals surface area (Å²) < 4.78 is 1.67. The van der Waals surface area contributed by atoms with Crippen LogP contribution < -0.4 is 5.32 Å². The fourth-order valence-corrected chi connectivity index (χ4v) is 3.06. The number of urea groups is 1. The van der Waals surface area contributed by atoms with E-state index < -0.39 is 17.9 Å². The normalized spacial score (nSPS) is 18.2. The number of carboxylic acid groups (broad SMARTS) is 1. The molecule has 1 saturated heterocycles. The standard InChI is InChI=1S/C17H19ClN4O3/c1-21-8-7-14(20-21)15(11-2-4-13(18)5-3-11)19-17(25)22-9-6-12(10-22)16(23)24/h2-5,7-8,12,15H,6,9-10H2,1H3,(H,19,25)(H,23,24). The van der Waals surface area contributed by atoms with Crippen molar-refractivity contribution in [1.82, 2.24) is 20.0 Å². The Bertz CT molecular complexity index is 774. The average Bonchev–Trinajstić information content (AvgIpc) is 3.22. The maximum absolute atomic E-state index is 12.6. The van der Waals surface area contributed by atoms with Gasteiger partial charge in [0.1, 0.15) is 6.04 Å². The number of carbonyl (C=O) groups excluding carboxylic acids is 1. The molecule has 0 bridgehead atoms. The molecule has 1 fully saturated rings. The Morgan fingerprint density at radius 3 is 2.60 bits per heavy atom. The van der Waals surface area contributed by atoms with Crippen molar-refractivity contribution in [3.63, 3.8) is 0 Å². The van der Waals surface area contributed by atoms with Crippen molar-refractivity contribution in [3.8, 4) is 0 Å². The minimum atomic E-state index is -0.866. The number of aromatic nitrogens is 2. The van der Waals surface area contributed by atoms with Gasteiger partial charge in [-0.3, -0.25) is 9.48 Å². The van der Waals surface area contributed by atoms with Crippen molar-refractivity contribution < 1.29 is 14.7 Å². The molecule has 132 valence electrons. The van der Waals surface area contributed by atoms with Gasteiger partial charge in [-0.2, -0.15) is 5.10 Å². The van der Waals surface area contributed by atoms with E-state index in [2.05, 4.69) is 10.4 Å². The van der Waals surface area contributed by atoms with Gasteiger partial charge in [0.15, 0.2) is 0 Å². The van der Waals surface area contributed by atoms with E-state index in [-0.39, 0.29) is 12.6 Å². The van der Waals surface area contributed by atoms with Gasteiger partial charge in [-0.05, 0) is 30.2 Å². The monoisotopic (exact) mass is 362 g/mol. The predicted octanol–water partition coefficient (Wildman–Crippen LogP) is 2.28. The van der Waals surface area contributed by atoms with Gasteiger partial charge in [0.25, 0.3) is 0 Å². The first-order chi connectivity index (χ1) is 11.9. The van der Waals surface area contributed by atoms with E-state index in [1.165, 1.54) is 4.90 Å². The molecular weight excluding hydrogens is 344 g/mol. The molecule has 3 rings (SSSR count). The number of amides is 2. The Morgan fingerprint density at radius 2 is 2.04 bits per heavy atom. The van der Waals surface area contributed by atoms with Crippen LogP contribution in [-0.4, -0.2) is 44.9 Å². The summed E-state index contributed by atoms with van der Waals surface area (Å²) in [5.74, 6) is -1.37. The molecule has 0 aliphatic carbocycles. The molecule has 1 aliphatic rings. The quantitative estimate of drug-likeness (QED) is 0.873. The molecule has 1 aliphatic heterocycles. The van der Waals surface area contributed by atoms with Gasteiger partial charge in [-0.15, -0.1) is 0 Å². The number of hydrogen-bond acceptors (Lipinski definition) is 3. The molecule has 2 atom stereocenters. The first-order valence-electron chi connectivity index (χ1n) is 7.97. The van der Waals surface area contributed by atoms with E-state index >= 15 is 0 Å². The van der Waals surface area contributed by atoms with Gasteiger partial charge in [-0.25, -0.2) is 4.79 Å². The highest BCUT2D eigenvalue weighted by atomic mass is 35.5. The molecule has 0 saturated carbocycles. The van der Waals surface area contributed by atoms with Crippen molar-refractivity contribution in [2.75, 3.05) is 13.1 Å². The highest BCUT2D eigenvalue weighted by Gasteiger charge is 2.32. The molecule has 8 heteroatoms. The molecule has 0 spiro atoms. The van der Waals surface area contributed by atoms with E-state index in [9.17, 15) is 9.59 Å². The maximum Gasteiger partial charge on any atom is 0.318 e. The second-order valence-corrected chi connectivity index (χ2v) is 6.55. The second kappa shape index (κ2) is 7.14. The zero-order chi connectivity index (χ0) is 18.0. The molecule has 2 N–H and O–H groups in total. The molecular formula is C17H19ClN4O3. The van der Waals surface area contributed by atoms with Crippen molar-refractivity contribution in [3.05, 3.63) is 52.8 Å². The van der Waals surface area contributed by atoms with Crippen LogP contribution in [0.2, 0.25) is 5.02 Å². The van der Waals surface area contributed by atoms with Gasteiger partial charge >= 0.3 is 12.0 Å². The average molecular weight is 363 g/mol. The number of carbonyl (C=O) groups is 2. The predicted molar refractivity (Wildman–Crippen MR) is 92.4 cm³/mol. The number of rotatable bonds is 4. The van der Waals surface area contributed by atoms with E-state index in [0.717, 1.165) is 5.56 Å². The van der Waals surface area contributed by atoms with Crippen LogP contribution in [0.1, 0.15) is 23.7 Å². The third kappa shape index (κ3) is 3.93. The number of aliphatic carboxylic acids is 1. The minimum Gasteiger partial charge on any atom is -0.481 e. The number of halogens is 1. The van der Waals surface area contributed by atoms with Crippen LogP contribution in [0.4, 0.5) is 4.79 Å². The lowest BCUT2D eigenvalue weighted by Gasteiger charge is -2.22. The number of benzene rings is 1. The molecule has 2 aromatic rings. The van der Waals surface area contributed by atoms with Crippen molar-refractivity contribution in [1.29, 1.82) is 0 Å². The number of carboxylic acids is 1. The summed E-state index contributed by atoms with van der Waals surface area (Å²) in [5, 5.41) is 17.1. The van der Waals surface area contributed by atoms with Crippen molar-refractivity contribution >= 4 is 23.6 Å². The Hall–Kier alpha value is -2.54. The lowest BCUT2D eigenvalue weighted by molar-refractivity contribution is -0.141. The minimum absolute atomic E-state index is 0.219. The van der Waals surface area contributed by atoms with Gasteiger partial charge in [0.05, 0.1) is 11.6 Å². The Labute approximate surface area is 150 Å². The van der Waals surface area contributed by atoms with Crippen LogP contribution in [0.15, 0.2) is 36.5 Å². The first-order valence-corrected chi connectivity index (χ1v) is 8.35. The molecule has 7 nitrogen and oxygen atoms in total. The van der Waals surface area contributed by atoms with Crippen LogP contribution in [0.25, 0.3) is 0 Å². The van der Waals surface area contributed by atoms with E-state index in [0.29, 0.717) is 23.7 Å². The summed E-state index contributed by atoms with van der Waals surface area (Å²) in [5.41, 5.74) is 1.55. The molecule has 0 radical (unpaired) electrons. The highest BCUT2D eigenvalue weighted by molar-refractivity contribution is 6.30. The van der Waals surface area contributed by atoms with Gasteiger partial charge in [0.2, 0.25) is 0 Å². The largest absolute Gasteiger partial charge is 0.481 e. The Balaban J connectivity index is 1.79. The van der Waals surface area contributed by atoms with E-state index in [1.807, 2.05) is 25.2 Å². The summed E-state index contributed by atoms with van der Waals surface area (Å²) >= 11 is 5.95. The zero-order valence-electron chi connectivity index (χ0n) is 13.7. The number of nitrogens with one attached hydrogen (secondary N) is 1. The summed E-state index contributed by atoms with van der Waals surface area (Å²) in [6.45, 7) is 0.648. The van der Waals surface area contributed by atoms with Crippen LogP contribution in [-0.2, 0) is 11.8 Å². The number of aryl methyl sites for hydroxylation is 1. The van der Waals surface area contributed by atoms with Gasteiger partial charge in [0, 0.05) is 31.4 Å². The lowest BCUT2D eigenvalue weighted by atomic mass is 10.0. The fourth-order valence-electron chi connectivity index (χ4n) is 2.93. The summed E-state index contributed by atoms with van der Waals surface area (Å²) in [6.07, 6.45) is 2.28. The number of likely N-dealkylation sites (tertiary alicyclic amines) is 1. The topological polar surface area (TPSA) is 87.5 Å². The molecule has 2 unspecified atom stereocenters. The third-order valence-electron chi connectivity index (χ3n) is 4.33. The molecule has 1 aromatic carbocycles. The van der Waals surface area contributed by atoms with Crippen LogP contribution in [0.3, 0.4) is 0 Å². The zero-order valence-corrected chi connectivity index (χ0v) is 14.5. The third-order valence-corrected chi connectivity index (χ3v) is 4.58. The van der Waals surface area contributed by atoms with Gasteiger partial charge < -0.3 is 15.3 Å². The fraction of sp³-hybridized carbons (Fsp3) is 0.353. The van der Waals surface area contributed by atoms with Crippen LogP contribution in [0, 0.1) is 5.92 Å². The molecule has 2 heterocycles. The van der Waals surface area contributed by atoms with Crippen LogP contribution >= 0.6 is 11.6 Å². The van der Waals surface area contributed by atoms with Crippen molar-refractivity contribution in [2.45, 2.75) is 12.5 Å². The molecule has 2 amide bonds.